The standard InChI is InChI=1S/C29H22Cl2N6O/c1-36-16-32-14-25(36)28-34-24-11-8-20(13-23(24)27(35-28)18-4-3-5-22(31)12-18)29(38,26-15-33-17-37(26)2)19-6-9-21(30)10-7-19/h3-17,38H,1-2H3. The van der Waals surface area contributed by atoms with E-state index in [2.05, 4.69) is 9.97 Å². The summed E-state index contributed by atoms with van der Waals surface area (Å²) in [6.45, 7) is 0. The maximum Gasteiger partial charge on any atom is 0.178 e. The van der Waals surface area contributed by atoms with Gasteiger partial charge in [0.1, 0.15) is 5.69 Å². The van der Waals surface area contributed by atoms with Gasteiger partial charge in [-0.05, 0) is 47.5 Å². The molecule has 0 spiro atoms. The molecule has 0 saturated heterocycles. The number of aromatic nitrogens is 6. The molecule has 6 aromatic rings. The zero-order valence-electron chi connectivity index (χ0n) is 20.5. The molecule has 0 aliphatic carbocycles. The first-order chi connectivity index (χ1) is 18.3. The monoisotopic (exact) mass is 540 g/mol. The molecule has 3 heterocycles. The first kappa shape index (κ1) is 24.3. The van der Waals surface area contributed by atoms with Crippen molar-refractivity contribution in [3.8, 4) is 22.8 Å². The van der Waals surface area contributed by atoms with Crippen molar-refractivity contribution in [3.63, 3.8) is 0 Å². The highest BCUT2D eigenvalue weighted by Gasteiger charge is 2.37. The molecule has 6 rings (SSSR count). The molecule has 1 N–H and O–H groups in total. The van der Waals surface area contributed by atoms with Gasteiger partial charge in [-0.3, -0.25) is 0 Å². The molecular formula is C29H22Cl2N6O. The van der Waals surface area contributed by atoms with Crippen molar-refractivity contribution in [3.05, 3.63) is 119 Å². The quantitative estimate of drug-likeness (QED) is 0.289. The predicted octanol–water partition coefficient (Wildman–Crippen LogP) is 6.02. The van der Waals surface area contributed by atoms with Gasteiger partial charge in [0.25, 0.3) is 0 Å². The Morgan fingerprint density at radius 2 is 1.50 bits per heavy atom. The van der Waals surface area contributed by atoms with Gasteiger partial charge in [0.2, 0.25) is 0 Å². The zero-order chi connectivity index (χ0) is 26.4. The molecular weight excluding hydrogens is 519 g/mol. The third-order valence-corrected chi connectivity index (χ3v) is 7.19. The Bertz CT molecular complexity index is 1790. The summed E-state index contributed by atoms with van der Waals surface area (Å²) in [6, 6.07) is 20.4. The SMILES string of the molecule is Cn1cncc1-c1nc(-c2cccc(Cl)c2)c2cc(C(O)(c3ccc(Cl)cc3)c3cncn3C)ccc2n1. The molecule has 9 heteroatoms. The van der Waals surface area contributed by atoms with Gasteiger partial charge in [0.15, 0.2) is 11.4 Å². The lowest BCUT2D eigenvalue weighted by molar-refractivity contribution is 0.117. The second-order valence-electron chi connectivity index (χ2n) is 9.13. The van der Waals surface area contributed by atoms with Gasteiger partial charge in [-0.1, -0.05) is 53.5 Å². The van der Waals surface area contributed by atoms with Crippen LogP contribution in [0.4, 0.5) is 0 Å². The van der Waals surface area contributed by atoms with Crippen molar-refractivity contribution in [1.29, 1.82) is 0 Å². The van der Waals surface area contributed by atoms with E-state index in [0.717, 1.165) is 22.2 Å². The van der Waals surface area contributed by atoms with Crippen LogP contribution in [0.3, 0.4) is 0 Å². The third-order valence-electron chi connectivity index (χ3n) is 6.71. The lowest BCUT2D eigenvalue weighted by Crippen LogP contribution is -2.31. The molecule has 0 fully saturated rings. The van der Waals surface area contributed by atoms with Crippen LogP contribution in [0.15, 0.2) is 91.8 Å². The van der Waals surface area contributed by atoms with Crippen LogP contribution in [-0.2, 0) is 19.7 Å². The summed E-state index contributed by atoms with van der Waals surface area (Å²) in [7, 11) is 3.75. The molecule has 0 bridgehead atoms. The molecule has 0 aliphatic heterocycles. The van der Waals surface area contributed by atoms with Crippen molar-refractivity contribution in [2.24, 2.45) is 14.1 Å². The zero-order valence-corrected chi connectivity index (χ0v) is 22.1. The van der Waals surface area contributed by atoms with Crippen molar-refractivity contribution in [2.75, 3.05) is 0 Å². The minimum absolute atomic E-state index is 0.542. The summed E-state index contributed by atoms with van der Waals surface area (Å²) >= 11 is 12.6. The summed E-state index contributed by atoms with van der Waals surface area (Å²) in [4.78, 5) is 18.3. The van der Waals surface area contributed by atoms with Crippen LogP contribution >= 0.6 is 23.2 Å². The Morgan fingerprint density at radius 3 is 2.18 bits per heavy atom. The van der Waals surface area contributed by atoms with Gasteiger partial charge in [-0.25, -0.2) is 19.9 Å². The number of nitrogens with zero attached hydrogens (tertiary/aromatic N) is 6. The molecule has 0 saturated carbocycles. The lowest BCUT2D eigenvalue weighted by atomic mass is 9.83. The van der Waals surface area contributed by atoms with E-state index >= 15 is 0 Å². The summed E-state index contributed by atoms with van der Waals surface area (Å²) in [5.41, 5.74) is 3.41. The van der Waals surface area contributed by atoms with Crippen LogP contribution < -0.4 is 0 Å². The van der Waals surface area contributed by atoms with E-state index in [0.29, 0.717) is 38.4 Å². The van der Waals surface area contributed by atoms with Crippen LogP contribution in [0.2, 0.25) is 10.0 Å². The van der Waals surface area contributed by atoms with Crippen LogP contribution in [0, 0.1) is 0 Å². The average molecular weight is 541 g/mol. The van der Waals surface area contributed by atoms with Crippen LogP contribution in [-0.4, -0.2) is 34.2 Å². The van der Waals surface area contributed by atoms with Gasteiger partial charge >= 0.3 is 0 Å². The molecule has 1 unspecified atom stereocenters. The van der Waals surface area contributed by atoms with Crippen LogP contribution in [0.25, 0.3) is 33.7 Å². The van der Waals surface area contributed by atoms with Crippen molar-refractivity contribution in [1.82, 2.24) is 29.1 Å². The highest BCUT2D eigenvalue weighted by molar-refractivity contribution is 6.31. The van der Waals surface area contributed by atoms with E-state index < -0.39 is 5.60 Å². The predicted molar refractivity (Wildman–Crippen MR) is 149 cm³/mol. The molecule has 188 valence electrons. The summed E-state index contributed by atoms with van der Waals surface area (Å²) < 4.78 is 3.68. The smallest absolute Gasteiger partial charge is 0.178 e. The molecule has 0 radical (unpaired) electrons. The fourth-order valence-corrected chi connectivity index (χ4v) is 5.07. The molecule has 3 aromatic heterocycles. The molecule has 0 amide bonds. The number of imidazole rings is 2. The number of hydrogen-bond acceptors (Lipinski definition) is 5. The Hall–Kier alpha value is -4.04. The van der Waals surface area contributed by atoms with Gasteiger partial charge in [0, 0.05) is 35.1 Å². The minimum Gasteiger partial charge on any atom is -0.374 e. The topological polar surface area (TPSA) is 81.6 Å². The first-order valence-corrected chi connectivity index (χ1v) is 12.6. The lowest BCUT2D eigenvalue weighted by Gasteiger charge is -2.30. The average Bonchev–Trinajstić information content (AvgIpc) is 3.55. The minimum atomic E-state index is -1.52. The maximum absolute atomic E-state index is 12.4. The summed E-state index contributed by atoms with van der Waals surface area (Å²) in [5.74, 6) is 0.542. The second kappa shape index (κ2) is 9.36. The second-order valence-corrected chi connectivity index (χ2v) is 10.0. The number of benzene rings is 3. The van der Waals surface area contributed by atoms with Gasteiger partial charge in [0.05, 0.1) is 42.0 Å². The number of halogens is 2. The number of hydrogen-bond donors (Lipinski definition) is 1. The molecule has 7 nitrogen and oxygen atoms in total. The van der Waals surface area contributed by atoms with Crippen molar-refractivity contribution < 1.29 is 5.11 Å². The fourth-order valence-electron chi connectivity index (χ4n) is 4.76. The van der Waals surface area contributed by atoms with Gasteiger partial charge in [-0.2, -0.15) is 0 Å². The molecule has 38 heavy (non-hydrogen) atoms. The fraction of sp³-hybridized carbons (Fsp3) is 0.103. The van der Waals surface area contributed by atoms with E-state index in [9.17, 15) is 5.11 Å². The molecule has 1 atom stereocenters. The van der Waals surface area contributed by atoms with E-state index in [-0.39, 0.29) is 0 Å². The Balaban J connectivity index is 1.64. The van der Waals surface area contributed by atoms with Gasteiger partial charge in [-0.15, -0.1) is 0 Å². The number of aliphatic hydroxyl groups is 1. The number of aryl methyl sites for hydroxylation is 2. The largest absolute Gasteiger partial charge is 0.374 e. The molecule has 3 aromatic carbocycles. The summed E-state index contributed by atoms with van der Waals surface area (Å²) in [5, 5.41) is 14.4. The normalized spacial score (nSPS) is 13.1. The van der Waals surface area contributed by atoms with Gasteiger partial charge < -0.3 is 14.2 Å². The van der Waals surface area contributed by atoms with E-state index in [1.165, 1.54) is 0 Å². The van der Waals surface area contributed by atoms with E-state index in [4.69, 9.17) is 33.2 Å². The third kappa shape index (κ3) is 4.05. The first-order valence-electron chi connectivity index (χ1n) is 11.8. The number of fused-ring (bicyclic) bond motifs is 1. The highest BCUT2D eigenvalue weighted by atomic mass is 35.5. The number of rotatable bonds is 5. The maximum atomic E-state index is 12.4. The Morgan fingerprint density at radius 1 is 0.763 bits per heavy atom. The molecule has 0 aliphatic rings. The van der Waals surface area contributed by atoms with Crippen LogP contribution in [0.1, 0.15) is 16.8 Å². The van der Waals surface area contributed by atoms with Crippen molar-refractivity contribution in [2.45, 2.75) is 5.60 Å². The van der Waals surface area contributed by atoms with E-state index in [1.54, 1.807) is 41.7 Å². The van der Waals surface area contributed by atoms with Crippen molar-refractivity contribution >= 4 is 34.1 Å². The summed E-state index contributed by atoms with van der Waals surface area (Å²) in [6.07, 6.45) is 6.78. The Labute approximate surface area is 229 Å². The van der Waals surface area contributed by atoms with Crippen LogP contribution in [0.5, 0.6) is 0 Å². The highest BCUT2D eigenvalue weighted by Crippen LogP contribution is 2.39. The Kier molecular flexibility index (Phi) is 5.99. The van der Waals surface area contributed by atoms with E-state index in [1.807, 2.05) is 73.3 Å².